The molecular weight excluding hydrogens is 418 g/mol. The van der Waals surface area contributed by atoms with Crippen molar-refractivity contribution in [3.05, 3.63) is 54.1 Å². The third-order valence-electron chi connectivity index (χ3n) is 4.33. The minimum Gasteiger partial charge on any atom is -0.482 e. The number of nitrogens with one attached hydrogen (secondary N) is 1. The average Bonchev–Trinajstić information content (AvgIpc) is 3.36. The molecule has 4 rings (SSSR count). The smallest absolute Gasteiger partial charge is 0.341 e. The molecule has 0 aliphatic carbocycles. The highest BCUT2D eigenvalue weighted by atomic mass is 16.6. The van der Waals surface area contributed by atoms with Gasteiger partial charge >= 0.3 is 5.97 Å². The number of hydrogen-bond donors (Lipinski definition) is 3. The summed E-state index contributed by atoms with van der Waals surface area (Å²) >= 11 is 0. The van der Waals surface area contributed by atoms with E-state index in [9.17, 15) is 9.59 Å². The van der Waals surface area contributed by atoms with Gasteiger partial charge in [0, 0.05) is 0 Å². The summed E-state index contributed by atoms with van der Waals surface area (Å²) in [5, 5.41) is 19.9. The summed E-state index contributed by atoms with van der Waals surface area (Å²) in [5.41, 5.74) is 10.5. The van der Waals surface area contributed by atoms with Crippen LogP contribution in [-0.2, 0) is 16.1 Å². The fraction of sp³-hybridized carbons (Fsp3) is 0.100. The van der Waals surface area contributed by atoms with Crippen molar-refractivity contribution >= 4 is 34.9 Å². The van der Waals surface area contributed by atoms with Gasteiger partial charge in [-0.2, -0.15) is 5.10 Å². The van der Waals surface area contributed by atoms with Gasteiger partial charge in [-0.15, -0.1) is 0 Å². The number of imidazole rings is 1. The number of hydrazone groups is 1. The quantitative estimate of drug-likeness (QED) is 0.272. The number of aliphatic carboxylic acids is 1. The number of hydrogen-bond acceptors (Lipinski definition) is 9. The van der Waals surface area contributed by atoms with Crippen molar-refractivity contribution in [2.75, 3.05) is 12.3 Å². The molecule has 12 heteroatoms. The summed E-state index contributed by atoms with van der Waals surface area (Å²) in [6.07, 6.45) is 1.45. The third kappa shape index (κ3) is 4.53. The van der Waals surface area contributed by atoms with Crippen molar-refractivity contribution < 1.29 is 24.1 Å². The summed E-state index contributed by atoms with van der Waals surface area (Å²) in [5.74, 6) is -0.636. The Hall–Kier alpha value is -4.74. The molecule has 2 aromatic heterocycles. The molecule has 0 saturated carbocycles. The largest absolute Gasteiger partial charge is 0.482 e. The molecule has 0 aliphatic rings. The van der Waals surface area contributed by atoms with Gasteiger partial charge in [-0.25, -0.2) is 19.8 Å². The number of rotatable bonds is 8. The molecule has 0 bridgehead atoms. The number of amides is 1. The first-order chi connectivity index (χ1) is 15.5. The summed E-state index contributed by atoms with van der Waals surface area (Å²) in [6.45, 7) is -0.522. The van der Waals surface area contributed by atoms with E-state index in [-0.39, 0.29) is 18.1 Å². The number of para-hydroxylation sites is 2. The average molecular weight is 435 g/mol. The van der Waals surface area contributed by atoms with Crippen LogP contribution in [0.4, 0.5) is 5.82 Å². The first kappa shape index (κ1) is 20.5. The van der Waals surface area contributed by atoms with Crippen molar-refractivity contribution in [2.24, 2.45) is 5.10 Å². The Morgan fingerprint density at radius 1 is 1.19 bits per heavy atom. The maximum Gasteiger partial charge on any atom is 0.341 e. The monoisotopic (exact) mass is 435 g/mol. The van der Waals surface area contributed by atoms with Crippen molar-refractivity contribution in [3.8, 4) is 17.3 Å². The van der Waals surface area contributed by atoms with E-state index in [0.717, 1.165) is 0 Å². The van der Waals surface area contributed by atoms with E-state index in [1.165, 1.54) is 6.21 Å². The van der Waals surface area contributed by atoms with E-state index in [1.807, 2.05) is 18.2 Å². The van der Waals surface area contributed by atoms with Crippen molar-refractivity contribution in [2.45, 2.75) is 6.54 Å². The molecule has 0 spiro atoms. The second-order valence-corrected chi connectivity index (χ2v) is 6.55. The highest BCUT2D eigenvalue weighted by molar-refractivity contribution is 5.86. The second kappa shape index (κ2) is 8.95. The first-order valence-electron chi connectivity index (χ1n) is 9.31. The minimum absolute atomic E-state index is 0.0655. The Morgan fingerprint density at radius 3 is 2.69 bits per heavy atom. The number of fused-ring (bicyclic) bond motifs is 1. The zero-order valence-corrected chi connectivity index (χ0v) is 16.5. The van der Waals surface area contributed by atoms with Gasteiger partial charge in [0.1, 0.15) is 12.3 Å². The van der Waals surface area contributed by atoms with Crippen molar-refractivity contribution in [1.29, 1.82) is 0 Å². The predicted octanol–water partition coefficient (Wildman–Crippen LogP) is 1.28. The number of nitrogen functional groups attached to an aromatic ring is 1. The highest BCUT2D eigenvalue weighted by Crippen LogP contribution is 2.26. The number of carboxylic acids is 1. The van der Waals surface area contributed by atoms with Gasteiger partial charge in [-0.1, -0.05) is 12.1 Å². The Morgan fingerprint density at radius 2 is 1.97 bits per heavy atom. The van der Waals surface area contributed by atoms with Crippen LogP contribution in [0.3, 0.4) is 0 Å². The fourth-order valence-corrected chi connectivity index (χ4v) is 2.92. The molecule has 0 radical (unpaired) electrons. The van der Waals surface area contributed by atoms with Gasteiger partial charge < -0.3 is 20.1 Å². The number of anilines is 1. The lowest BCUT2D eigenvalue weighted by Crippen LogP contribution is -2.23. The van der Waals surface area contributed by atoms with Crippen LogP contribution in [0.15, 0.2) is 58.3 Å². The number of carbonyl (C=O) groups excluding carboxylic acids is 1. The van der Waals surface area contributed by atoms with Gasteiger partial charge in [-0.05, 0) is 52.3 Å². The number of carbonyl (C=O) groups is 2. The van der Waals surface area contributed by atoms with Gasteiger partial charge in [-0.3, -0.25) is 4.79 Å². The molecule has 0 atom stereocenters. The minimum atomic E-state index is -1.06. The Balaban J connectivity index is 1.45. The molecule has 1 amide bonds. The van der Waals surface area contributed by atoms with Gasteiger partial charge in [0.05, 0.1) is 17.2 Å². The Kier molecular flexibility index (Phi) is 5.74. The molecule has 0 aliphatic heterocycles. The summed E-state index contributed by atoms with van der Waals surface area (Å²) in [6, 6.07) is 13.8. The number of benzene rings is 2. The van der Waals surface area contributed by atoms with Crippen LogP contribution in [0.2, 0.25) is 0 Å². The van der Waals surface area contributed by atoms with Crippen molar-refractivity contribution in [3.63, 3.8) is 0 Å². The SMILES string of the molecule is Nc1nonc1-c1nc2ccccc2n1CC(=O)NN=Cc1ccc(OCC(=O)O)cc1. The lowest BCUT2D eigenvalue weighted by Gasteiger charge is -2.06. The lowest BCUT2D eigenvalue weighted by molar-refractivity contribution is -0.139. The Bertz CT molecular complexity index is 1290. The molecule has 2 aromatic carbocycles. The lowest BCUT2D eigenvalue weighted by atomic mass is 10.2. The van der Waals surface area contributed by atoms with Crippen LogP contribution in [-0.4, -0.2) is 49.7 Å². The van der Waals surface area contributed by atoms with Crippen LogP contribution in [0.5, 0.6) is 5.75 Å². The molecule has 12 nitrogen and oxygen atoms in total. The second-order valence-electron chi connectivity index (χ2n) is 6.55. The molecule has 32 heavy (non-hydrogen) atoms. The first-order valence-corrected chi connectivity index (χ1v) is 9.31. The van der Waals surface area contributed by atoms with E-state index in [1.54, 1.807) is 34.9 Å². The van der Waals surface area contributed by atoms with E-state index >= 15 is 0 Å². The zero-order chi connectivity index (χ0) is 22.5. The van der Waals surface area contributed by atoms with Crippen LogP contribution in [0, 0.1) is 0 Å². The summed E-state index contributed by atoms with van der Waals surface area (Å²) < 4.78 is 11.4. The number of nitrogens with two attached hydrogens (primary N) is 1. The normalized spacial score (nSPS) is 11.1. The molecule has 0 saturated heterocycles. The topological polar surface area (TPSA) is 171 Å². The molecule has 0 fully saturated rings. The predicted molar refractivity (Wildman–Crippen MR) is 113 cm³/mol. The molecular formula is C20H17N7O5. The highest BCUT2D eigenvalue weighted by Gasteiger charge is 2.20. The van der Waals surface area contributed by atoms with Crippen LogP contribution in [0.25, 0.3) is 22.6 Å². The number of ether oxygens (including phenoxy) is 1. The number of aromatic nitrogens is 4. The van der Waals surface area contributed by atoms with Gasteiger partial charge in [0.2, 0.25) is 0 Å². The maximum absolute atomic E-state index is 12.5. The number of carboxylic acid groups (broad SMARTS) is 1. The molecule has 0 unspecified atom stereocenters. The van der Waals surface area contributed by atoms with Gasteiger partial charge in [0.15, 0.2) is 23.9 Å². The fourth-order valence-electron chi connectivity index (χ4n) is 2.92. The molecule has 162 valence electrons. The van der Waals surface area contributed by atoms with E-state index in [0.29, 0.717) is 28.2 Å². The molecule has 4 aromatic rings. The summed E-state index contributed by atoms with van der Waals surface area (Å²) in [4.78, 5) is 27.5. The standard InChI is InChI=1S/C20H17N7O5/c21-19-18(25-32-26-19)20-23-14-3-1-2-4-15(14)27(20)10-16(28)24-22-9-12-5-7-13(8-6-12)31-11-17(29)30/h1-9H,10-11H2,(H2,21,26)(H,24,28)(H,29,30). The maximum atomic E-state index is 12.5. The van der Waals surface area contributed by atoms with E-state index in [4.69, 9.17) is 15.6 Å². The number of nitrogens with zero attached hydrogens (tertiary/aromatic N) is 5. The third-order valence-corrected chi connectivity index (χ3v) is 4.33. The van der Waals surface area contributed by atoms with Crippen LogP contribution >= 0.6 is 0 Å². The van der Waals surface area contributed by atoms with Crippen LogP contribution < -0.4 is 15.9 Å². The molecule has 4 N–H and O–H groups in total. The van der Waals surface area contributed by atoms with Gasteiger partial charge in [0.25, 0.3) is 5.91 Å². The van der Waals surface area contributed by atoms with E-state index < -0.39 is 18.5 Å². The van der Waals surface area contributed by atoms with Crippen molar-refractivity contribution in [1.82, 2.24) is 25.3 Å². The Labute approximate surface area is 180 Å². The van der Waals surface area contributed by atoms with E-state index in [2.05, 4.69) is 30.5 Å². The summed E-state index contributed by atoms with van der Waals surface area (Å²) in [7, 11) is 0. The van der Waals surface area contributed by atoms with Crippen LogP contribution in [0.1, 0.15) is 5.56 Å². The zero-order valence-electron chi connectivity index (χ0n) is 16.5. The molecule has 2 heterocycles.